The zero-order valence-corrected chi connectivity index (χ0v) is 15.4. The molecule has 0 aliphatic heterocycles. The molecule has 0 saturated heterocycles. The summed E-state index contributed by atoms with van der Waals surface area (Å²) in [7, 11) is 2.97. The molecule has 0 amide bonds. The van der Waals surface area contributed by atoms with Crippen LogP contribution < -0.4 is 19.7 Å². The maximum absolute atomic E-state index is 10.7. The Kier molecular flexibility index (Phi) is 9.64. The van der Waals surface area contributed by atoms with Crippen LogP contribution in [0.2, 0.25) is 0 Å². The van der Waals surface area contributed by atoms with Crippen molar-refractivity contribution in [1.82, 2.24) is 0 Å². The SMILES string of the molecule is COc1ccccc1[O-].COc1ccccc1[O-].[Ba+2]. The number of methoxy groups -OCH3 is 2. The first kappa shape index (κ1) is 18.2. The van der Waals surface area contributed by atoms with Crippen molar-refractivity contribution in [2.24, 2.45) is 0 Å². The van der Waals surface area contributed by atoms with Crippen molar-refractivity contribution >= 4 is 48.9 Å². The van der Waals surface area contributed by atoms with E-state index in [1.54, 1.807) is 36.4 Å². The van der Waals surface area contributed by atoms with Crippen molar-refractivity contribution < 1.29 is 19.7 Å². The van der Waals surface area contributed by atoms with Gasteiger partial charge < -0.3 is 19.7 Å². The molecule has 2 rings (SSSR count). The van der Waals surface area contributed by atoms with Gasteiger partial charge in [-0.2, -0.15) is 0 Å². The fraction of sp³-hybridized carbons (Fsp3) is 0.143. The minimum Gasteiger partial charge on any atom is -0.870 e. The second-order valence-electron chi connectivity index (χ2n) is 3.30. The minimum absolute atomic E-state index is 0. The molecule has 0 radical (unpaired) electrons. The molecule has 0 spiro atoms. The summed E-state index contributed by atoms with van der Waals surface area (Å²) in [5, 5.41) is 21.5. The van der Waals surface area contributed by atoms with Crippen LogP contribution in [0.15, 0.2) is 48.5 Å². The molecule has 0 unspecified atom stereocenters. The van der Waals surface area contributed by atoms with Crippen molar-refractivity contribution in [3.8, 4) is 23.0 Å². The van der Waals surface area contributed by atoms with E-state index < -0.39 is 0 Å². The molecule has 0 atom stereocenters. The quantitative estimate of drug-likeness (QED) is 0.730. The van der Waals surface area contributed by atoms with Crippen LogP contribution in [-0.4, -0.2) is 63.1 Å². The molecule has 19 heavy (non-hydrogen) atoms. The number of para-hydroxylation sites is 4. The number of ether oxygens (including phenoxy) is 2. The van der Waals surface area contributed by atoms with Gasteiger partial charge in [-0.05, 0) is 12.1 Å². The molecule has 0 aliphatic rings. The molecule has 5 heteroatoms. The van der Waals surface area contributed by atoms with E-state index in [4.69, 9.17) is 9.47 Å². The van der Waals surface area contributed by atoms with Gasteiger partial charge in [-0.3, -0.25) is 0 Å². The number of hydrogen-bond acceptors (Lipinski definition) is 4. The molecule has 0 aliphatic carbocycles. The van der Waals surface area contributed by atoms with Crippen LogP contribution in [0.3, 0.4) is 0 Å². The van der Waals surface area contributed by atoms with Crippen LogP contribution in [0.1, 0.15) is 0 Å². The van der Waals surface area contributed by atoms with Gasteiger partial charge in [0, 0.05) is 0 Å². The van der Waals surface area contributed by atoms with Gasteiger partial charge in [0.15, 0.2) is 0 Å². The first-order chi connectivity index (χ1) is 8.69. The van der Waals surface area contributed by atoms with Gasteiger partial charge in [0.1, 0.15) is 11.5 Å². The van der Waals surface area contributed by atoms with E-state index in [2.05, 4.69) is 0 Å². The molecule has 0 saturated carbocycles. The summed E-state index contributed by atoms with van der Waals surface area (Å²) in [5.41, 5.74) is 0. The van der Waals surface area contributed by atoms with Crippen molar-refractivity contribution in [3.05, 3.63) is 48.5 Å². The van der Waals surface area contributed by atoms with Gasteiger partial charge >= 0.3 is 48.9 Å². The van der Waals surface area contributed by atoms with Crippen molar-refractivity contribution in [1.29, 1.82) is 0 Å². The van der Waals surface area contributed by atoms with Gasteiger partial charge in [-0.25, -0.2) is 0 Å². The van der Waals surface area contributed by atoms with Crippen LogP contribution in [0.25, 0.3) is 0 Å². The van der Waals surface area contributed by atoms with E-state index in [1.807, 2.05) is 0 Å². The van der Waals surface area contributed by atoms with Crippen LogP contribution in [0, 0.1) is 0 Å². The first-order valence-electron chi connectivity index (χ1n) is 5.29. The van der Waals surface area contributed by atoms with E-state index in [9.17, 15) is 10.2 Å². The van der Waals surface area contributed by atoms with Crippen LogP contribution in [-0.2, 0) is 0 Å². The Morgan fingerprint density at radius 3 is 1.21 bits per heavy atom. The van der Waals surface area contributed by atoms with Crippen LogP contribution >= 0.6 is 0 Å². The molecule has 0 fully saturated rings. The topological polar surface area (TPSA) is 64.6 Å². The Balaban J connectivity index is 0.000000324. The predicted molar refractivity (Wildman–Crippen MR) is 70.6 cm³/mol. The average Bonchev–Trinajstić information content (AvgIpc) is 2.41. The summed E-state index contributed by atoms with van der Waals surface area (Å²) in [6.45, 7) is 0. The van der Waals surface area contributed by atoms with Crippen LogP contribution in [0.4, 0.5) is 0 Å². The summed E-state index contributed by atoms with van der Waals surface area (Å²) < 4.78 is 9.46. The Morgan fingerprint density at radius 1 is 0.684 bits per heavy atom. The summed E-state index contributed by atoms with van der Waals surface area (Å²) in [4.78, 5) is 0. The Morgan fingerprint density at radius 2 is 1.00 bits per heavy atom. The third-order valence-electron chi connectivity index (χ3n) is 2.14. The Labute approximate surface area is 153 Å². The fourth-order valence-corrected chi connectivity index (χ4v) is 1.24. The van der Waals surface area contributed by atoms with Crippen LogP contribution in [0.5, 0.6) is 23.0 Å². The summed E-state index contributed by atoms with van der Waals surface area (Å²) in [5.74, 6) is 0.662. The van der Waals surface area contributed by atoms with Crippen molar-refractivity contribution in [3.63, 3.8) is 0 Å². The van der Waals surface area contributed by atoms with E-state index in [0.717, 1.165) is 0 Å². The molecule has 4 nitrogen and oxygen atoms in total. The molecule has 96 valence electrons. The summed E-state index contributed by atoms with van der Waals surface area (Å²) in [6, 6.07) is 13.1. The average molecular weight is 384 g/mol. The van der Waals surface area contributed by atoms with Gasteiger partial charge in [0.25, 0.3) is 0 Å². The summed E-state index contributed by atoms with van der Waals surface area (Å²) in [6.07, 6.45) is 0. The minimum atomic E-state index is -0.0694. The molecule has 2 aromatic carbocycles. The largest absolute Gasteiger partial charge is 2.00 e. The van der Waals surface area contributed by atoms with Gasteiger partial charge in [-0.15, -0.1) is 0 Å². The summed E-state index contributed by atoms with van der Waals surface area (Å²) >= 11 is 0. The Hall–Kier alpha value is -0.789. The Bertz CT molecular complexity index is 443. The maximum atomic E-state index is 10.7. The molecule has 0 aromatic heterocycles. The fourth-order valence-electron chi connectivity index (χ4n) is 1.24. The van der Waals surface area contributed by atoms with E-state index in [-0.39, 0.29) is 60.4 Å². The van der Waals surface area contributed by atoms with Gasteiger partial charge in [-0.1, -0.05) is 47.9 Å². The normalized spacial score (nSPS) is 8.53. The molecule has 0 N–H and O–H groups in total. The zero-order chi connectivity index (χ0) is 13.4. The second-order valence-corrected chi connectivity index (χ2v) is 3.30. The maximum Gasteiger partial charge on any atom is 2.00 e. The van der Waals surface area contributed by atoms with E-state index in [0.29, 0.717) is 11.5 Å². The molecule has 2 aromatic rings. The van der Waals surface area contributed by atoms with Gasteiger partial charge in [0.05, 0.1) is 14.2 Å². The third-order valence-corrected chi connectivity index (χ3v) is 2.14. The monoisotopic (exact) mass is 384 g/mol. The number of rotatable bonds is 2. The van der Waals surface area contributed by atoms with Gasteiger partial charge in [0.2, 0.25) is 0 Å². The zero-order valence-electron chi connectivity index (χ0n) is 11.0. The molecular weight excluding hydrogens is 369 g/mol. The van der Waals surface area contributed by atoms with E-state index >= 15 is 0 Å². The van der Waals surface area contributed by atoms with E-state index in [1.165, 1.54) is 26.4 Å². The standard InChI is InChI=1S/2C7H8O2.Ba/c2*1-9-7-5-3-2-4-6(7)8;/h2*2-5,8H,1H3;/q;;+2/p-2. The predicted octanol–water partition coefficient (Wildman–Crippen LogP) is 1.16. The first-order valence-corrected chi connectivity index (χ1v) is 5.29. The molecule has 0 heterocycles. The van der Waals surface area contributed by atoms with Crippen molar-refractivity contribution in [2.75, 3.05) is 14.2 Å². The van der Waals surface area contributed by atoms with Crippen molar-refractivity contribution in [2.45, 2.75) is 0 Å². The molecule has 0 bridgehead atoms. The third kappa shape index (κ3) is 6.27. The number of benzene rings is 2. The second kappa shape index (κ2) is 10.1. The smallest absolute Gasteiger partial charge is 0.870 e. The molecular formula is C14H14BaO4. The number of hydrogen-bond donors (Lipinski definition) is 0.